The van der Waals surface area contributed by atoms with E-state index in [1.54, 1.807) is 34.9 Å². The summed E-state index contributed by atoms with van der Waals surface area (Å²) >= 11 is 3.18. The summed E-state index contributed by atoms with van der Waals surface area (Å²) in [5.74, 6) is -0.400. The molecule has 0 saturated heterocycles. The molecule has 0 fully saturated rings. The monoisotopic (exact) mass is 378 g/mol. The van der Waals surface area contributed by atoms with Gasteiger partial charge in [0.25, 0.3) is 0 Å². The fourth-order valence-electron chi connectivity index (χ4n) is 2.51. The summed E-state index contributed by atoms with van der Waals surface area (Å²) in [5, 5.41) is 7.96. The molecule has 0 aliphatic rings. The topological polar surface area (TPSA) is 52.1 Å². The lowest BCUT2D eigenvalue weighted by atomic mass is 10.1. The molecule has 0 saturated carbocycles. The molecule has 0 N–H and O–H groups in total. The molecule has 4 nitrogen and oxygen atoms in total. The van der Waals surface area contributed by atoms with Crippen molar-refractivity contribution in [3.05, 3.63) is 76.1 Å². The van der Waals surface area contributed by atoms with Crippen molar-refractivity contribution in [3.8, 4) is 10.6 Å². The maximum atomic E-state index is 12.0. The minimum Gasteiger partial charge on any atom is -0.456 e. The van der Waals surface area contributed by atoms with Crippen molar-refractivity contribution in [2.75, 3.05) is 0 Å². The minimum atomic E-state index is -0.400. The zero-order chi connectivity index (χ0) is 17.8. The summed E-state index contributed by atoms with van der Waals surface area (Å²) in [6.45, 7) is 0.164. The molecule has 128 valence electrons. The summed E-state index contributed by atoms with van der Waals surface area (Å²) in [6, 6.07) is 11.8. The molecule has 0 bridgehead atoms. The van der Waals surface area contributed by atoms with Crippen LogP contribution >= 0.6 is 22.7 Å². The number of rotatable bonds is 5. The fraction of sp³-hybridized carbons (Fsp3) is 0.0500. The quantitative estimate of drug-likeness (QED) is 0.355. The summed E-state index contributed by atoms with van der Waals surface area (Å²) in [7, 11) is 0. The number of hydrogen-bond acceptors (Lipinski definition) is 6. The maximum Gasteiger partial charge on any atom is 0.331 e. The standard InChI is InChI=1S/C20H14N2O2S2/c23-18(7-6-15-4-1-3-14-5-2-9-21-19(14)15)24-11-17-13-26-20(22-17)16-8-10-25-12-16/h1-10,12-13H,11H2/b7-6+. The van der Waals surface area contributed by atoms with Crippen molar-refractivity contribution < 1.29 is 9.53 Å². The van der Waals surface area contributed by atoms with E-state index in [2.05, 4.69) is 15.3 Å². The van der Waals surface area contributed by atoms with Crippen LogP contribution in [0.4, 0.5) is 0 Å². The minimum absolute atomic E-state index is 0.164. The van der Waals surface area contributed by atoms with Gasteiger partial charge in [-0.25, -0.2) is 9.78 Å². The first-order valence-electron chi connectivity index (χ1n) is 7.95. The number of aromatic nitrogens is 2. The van der Waals surface area contributed by atoms with Crippen LogP contribution in [0.5, 0.6) is 0 Å². The van der Waals surface area contributed by atoms with E-state index in [4.69, 9.17) is 4.74 Å². The second-order valence-electron chi connectivity index (χ2n) is 5.52. The average Bonchev–Trinajstić information content (AvgIpc) is 3.36. The number of thiophene rings is 1. The molecule has 1 aromatic carbocycles. The van der Waals surface area contributed by atoms with Crippen molar-refractivity contribution >= 4 is 45.6 Å². The van der Waals surface area contributed by atoms with Gasteiger partial charge >= 0.3 is 5.97 Å². The van der Waals surface area contributed by atoms with Gasteiger partial charge in [0.05, 0.1) is 11.2 Å². The van der Waals surface area contributed by atoms with Gasteiger partial charge in [0.2, 0.25) is 0 Å². The summed E-state index contributed by atoms with van der Waals surface area (Å²) in [5.41, 5.74) is 3.60. The lowest BCUT2D eigenvalue weighted by Gasteiger charge is -2.01. The fourth-order valence-corrected chi connectivity index (χ4v) is 4.02. The molecule has 0 atom stereocenters. The molecule has 3 heterocycles. The van der Waals surface area contributed by atoms with Gasteiger partial charge in [-0.3, -0.25) is 4.98 Å². The molecule has 0 amide bonds. The third-order valence-electron chi connectivity index (χ3n) is 3.75. The molecule has 0 radical (unpaired) electrons. The van der Waals surface area contributed by atoms with Gasteiger partial charge < -0.3 is 4.74 Å². The average molecular weight is 378 g/mol. The summed E-state index contributed by atoms with van der Waals surface area (Å²) in [6.07, 6.45) is 4.90. The molecule has 6 heteroatoms. The first-order chi connectivity index (χ1) is 12.8. The van der Waals surface area contributed by atoms with Crippen LogP contribution in [0.15, 0.2) is 64.8 Å². The summed E-state index contributed by atoms with van der Waals surface area (Å²) < 4.78 is 5.29. The highest BCUT2D eigenvalue weighted by Gasteiger charge is 2.07. The first-order valence-corrected chi connectivity index (χ1v) is 9.77. The molecule has 0 aliphatic heterocycles. The van der Waals surface area contributed by atoms with Crippen LogP contribution in [0, 0.1) is 0 Å². The van der Waals surface area contributed by atoms with Crippen molar-refractivity contribution in [2.45, 2.75) is 6.61 Å². The number of benzene rings is 1. The number of ether oxygens (including phenoxy) is 1. The molecule has 0 spiro atoms. The number of para-hydroxylation sites is 1. The van der Waals surface area contributed by atoms with E-state index in [-0.39, 0.29) is 6.61 Å². The molecule has 4 aromatic rings. The Bertz CT molecular complexity index is 1060. The predicted octanol–water partition coefficient (Wildman–Crippen LogP) is 5.18. The van der Waals surface area contributed by atoms with E-state index in [9.17, 15) is 4.79 Å². The number of esters is 1. The van der Waals surface area contributed by atoms with Crippen LogP contribution in [-0.4, -0.2) is 15.9 Å². The smallest absolute Gasteiger partial charge is 0.331 e. The van der Waals surface area contributed by atoms with Gasteiger partial charge in [-0.2, -0.15) is 11.3 Å². The van der Waals surface area contributed by atoms with E-state index in [1.165, 1.54) is 6.08 Å². The van der Waals surface area contributed by atoms with Crippen LogP contribution in [0.25, 0.3) is 27.6 Å². The number of hydrogen-bond donors (Lipinski definition) is 0. The van der Waals surface area contributed by atoms with Crippen LogP contribution in [0.2, 0.25) is 0 Å². The third kappa shape index (κ3) is 3.71. The van der Waals surface area contributed by atoms with E-state index < -0.39 is 5.97 Å². The first kappa shape index (κ1) is 16.6. The highest BCUT2D eigenvalue weighted by molar-refractivity contribution is 7.14. The van der Waals surface area contributed by atoms with E-state index in [0.717, 1.165) is 32.7 Å². The lowest BCUT2D eigenvalue weighted by Crippen LogP contribution is -2.01. The van der Waals surface area contributed by atoms with E-state index in [0.29, 0.717) is 0 Å². The van der Waals surface area contributed by atoms with Gasteiger partial charge in [-0.05, 0) is 23.6 Å². The second kappa shape index (κ2) is 7.59. The SMILES string of the molecule is O=C(/C=C/c1cccc2cccnc12)OCc1csc(-c2ccsc2)n1. The Labute approximate surface area is 158 Å². The zero-order valence-electron chi connectivity index (χ0n) is 13.7. The molecule has 0 aliphatic carbocycles. The summed E-state index contributed by atoms with van der Waals surface area (Å²) in [4.78, 5) is 20.9. The number of nitrogens with zero attached hydrogens (tertiary/aromatic N) is 2. The van der Waals surface area contributed by atoms with Crippen LogP contribution < -0.4 is 0 Å². The Balaban J connectivity index is 1.40. The van der Waals surface area contributed by atoms with Gasteiger partial charge in [-0.1, -0.05) is 24.3 Å². The second-order valence-corrected chi connectivity index (χ2v) is 7.16. The van der Waals surface area contributed by atoms with Gasteiger partial charge in [0.15, 0.2) is 0 Å². The number of thiazole rings is 1. The maximum absolute atomic E-state index is 12.0. The van der Waals surface area contributed by atoms with Gasteiger partial charge in [-0.15, -0.1) is 11.3 Å². The molecular weight excluding hydrogens is 364 g/mol. The molecular formula is C20H14N2O2S2. The normalized spacial score (nSPS) is 11.2. The molecule has 4 rings (SSSR count). The van der Waals surface area contributed by atoms with Crippen molar-refractivity contribution in [1.29, 1.82) is 0 Å². The molecule has 0 unspecified atom stereocenters. The Morgan fingerprint density at radius 1 is 1.15 bits per heavy atom. The highest BCUT2D eigenvalue weighted by atomic mass is 32.1. The van der Waals surface area contributed by atoms with Crippen LogP contribution in [0.1, 0.15) is 11.3 Å². The predicted molar refractivity (Wildman–Crippen MR) is 106 cm³/mol. The highest BCUT2D eigenvalue weighted by Crippen LogP contribution is 2.26. The lowest BCUT2D eigenvalue weighted by molar-refractivity contribution is -0.139. The number of pyridine rings is 1. The Kier molecular flexibility index (Phi) is 4.86. The van der Waals surface area contributed by atoms with Crippen molar-refractivity contribution in [3.63, 3.8) is 0 Å². The number of fused-ring (bicyclic) bond motifs is 1. The number of carbonyl (C=O) groups excluding carboxylic acids is 1. The Morgan fingerprint density at radius 3 is 2.96 bits per heavy atom. The van der Waals surface area contributed by atoms with Crippen LogP contribution in [0.3, 0.4) is 0 Å². The van der Waals surface area contributed by atoms with Crippen molar-refractivity contribution in [2.24, 2.45) is 0 Å². The molecule has 3 aromatic heterocycles. The molecule has 26 heavy (non-hydrogen) atoms. The Morgan fingerprint density at radius 2 is 2.08 bits per heavy atom. The van der Waals surface area contributed by atoms with Crippen LogP contribution in [-0.2, 0) is 16.1 Å². The van der Waals surface area contributed by atoms with Crippen molar-refractivity contribution in [1.82, 2.24) is 9.97 Å². The third-order valence-corrected chi connectivity index (χ3v) is 5.37. The van der Waals surface area contributed by atoms with E-state index >= 15 is 0 Å². The Hall–Kier alpha value is -2.83. The number of carbonyl (C=O) groups is 1. The van der Waals surface area contributed by atoms with E-state index in [1.807, 2.05) is 47.2 Å². The van der Waals surface area contributed by atoms with Gasteiger partial charge in [0.1, 0.15) is 11.6 Å². The zero-order valence-corrected chi connectivity index (χ0v) is 15.3. The van der Waals surface area contributed by atoms with Gasteiger partial charge in [0, 0.05) is 39.5 Å². The largest absolute Gasteiger partial charge is 0.456 e.